The zero-order valence-electron chi connectivity index (χ0n) is 16.0. The number of nitrogens with one attached hydrogen (secondary N) is 1. The molecule has 0 bridgehead atoms. The first-order chi connectivity index (χ1) is 14.2. The van der Waals surface area contributed by atoms with E-state index in [1.54, 1.807) is 14.2 Å². The number of nitrogens with zero attached hydrogens (tertiary/aromatic N) is 2. The van der Waals surface area contributed by atoms with Crippen LogP contribution in [0.3, 0.4) is 0 Å². The maximum absolute atomic E-state index is 12.7. The van der Waals surface area contributed by atoms with E-state index in [-0.39, 0.29) is 0 Å². The highest BCUT2D eigenvalue weighted by atomic mass is 32.2. The Kier molecular flexibility index (Phi) is 5.50. The van der Waals surface area contributed by atoms with Gasteiger partial charge in [0.1, 0.15) is 12.1 Å². The number of hydrogen-bond donors (Lipinski definition) is 1. The molecule has 0 aliphatic carbocycles. The maximum atomic E-state index is 12.7. The van der Waals surface area contributed by atoms with E-state index in [9.17, 15) is 4.55 Å². The van der Waals surface area contributed by atoms with Gasteiger partial charge in [-0.05, 0) is 42.5 Å². The molecule has 0 amide bonds. The number of rotatable bonds is 6. The number of aromatic nitrogens is 2. The molecule has 0 radical (unpaired) electrons. The standard InChI is InChI=1S/C22H19N3O3S/c1-27-20-12-18-19(13-21(20)28-2)23-14-24-22(18)25-15-8-10-17(11-9-15)29(26)16-6-4-3-5-7-16/h3-14H,1-2H3,(H,23,24,25). The Hall–Kier alpha value is -3.29. The van der Waals surface area contributed by atoms with Crippen molar-refractivity contribution in [3.63, 3.8) is 0 Å². The summed E-state index contributed by atoms with van der Waals surface area (Å²) in [5, 5.41) is 4.10. The number of hydrogen-bond acceptors (Lipinski definition) is 6. The van der Waals surface area contributed by atoms with E-state index >= 15 is 0 Å². The second-order valence-corrected chi connectivity index (χ2v) is 7.66. The van der Waals surface area contributed by atoms with Crippen molar-refractivity contribution in [2.45, 2.75) is 9.79 Å². The summed E-state index contributed by atoms with van der Waals surface area (Å²) in [6, 6.07) is 20.5. The Morgan fingerprint density at radius 2 is 1.48 bits per heavy atom. The Morgan fingerprint density at radius 1 is 0.828 bits per heavy atom. The van der Waals surface area contributed by atoms with Gasteiger partial charge < -0.3 is 19.3 Å². The predicted molar refractivity (Wildman–Crippen MR) is 113 cm³/mol. The molecule has 1 atom stereocenters. The molecule has 146 valence electrons. The van der Waals surface area contributed by atoms with Gasteiger partial charge in [-0.2, -0.15) is 0 Å². The van der Waals surface area contributed by atoms with Gasteiger partial charge in [0, 0.05) is 28.3 Å². The first-order valence-corrected chi connectivity index (χ1v) is 10.0. The van der Waals surface area contributed by atoms with Gasteiger partial charge in [-0.3, -0.25) is 0 Å². The molecule has 29 heavy (non-hydrogen) atoms. The molecule has 0 aliphatic rings. The lowest BCUT2D eigenvalue weighted by atomic mass is 10.2. The fourth-order valence-electron chi connectivity index (χ4n) is 2.96. The topological polar surface area (TPSA) is 79.3 Å². The van der Waals surface area contributed by atoms with Gasteiger partial charge in [-0.15, -0.1) is 0 Å². The number of fused-ring (bicyclic) bond motifs is 1. The van der Waals surface area contributed by atoms with Gasteiger partial charge in [0.05, 0.1) is 19.7 Å². The highest BCUT2D eigenvalue weighted by Gasteiger charge is 2.15. The minimum absolute atomic E-state index is 0.603. The molecule has 3 aromatic carbocycles. The zero-order chi connectivity index (χ0) is 20.2. The Morgan fingerprint density at radius 3 is 2.17 bits per heavy atom. The van der Waals surface area contributed by atoms with Crippen LogP contribution in [0.1, 0.15) is 0 Å². The third-order valence-electron chi connectivity index (χ3n) is 4.43. The third-order valence-corrected chi connectivity index (χ3v) is 5.83. The lowest BCUT2D eigenvalue weighted by Gasteiger charge is -2.13. The number of anilines is 2. The Labute approximate surface area is 171 Å². The van der Waals surface area contributed by atoms with Gasteiger partial charge in [0.15, 0.2) is 21.3 Å². The average molecular weight is 405 g/mol. The number of ether oxygens (including phenoxy) is 2. The molecule has 1 aromatic heterocycles. The van der Waals surface area contributed by atoms with E-state index < -0.39 is 11.2 Å². The minimum atomic E-state index is -1.22. The van der Waals surface area contributed by atoms with Crippen molar-refractivity contribution < 1.29 is 14.0 Å². The summed E-state index contributed by atoms with van der Waals surface area (Å²) in [6.45, 7) is 0. The second-order valence-electron chi connectivity index (χ2n) is 6.18. The molecular weight excluding hydrogens is 386 g/mol. The molecule has 0 saturated carbocycles. The van der Waals surface area contributed by atoms with E-state index in [0.717, 1.165) is 26.4 Å². The molecule has 0 aliphatic heterocycles. The normalized spacial score (nSPS) is 11.8. The summed E-state index contributed by atoms with van der Waals surface area (Å²) in [6.07, 6.45) is 1.50. The fourth-order valence-corrected chi connectivity index (χ4v) is 4.02. The van der Waals surface area contributed by atoms with E-state index in [1.807, 2.05) is 66.7 Å². The van der Waals surface area contributed by atoms with Gasteiger partial charge >= 0.3 is 0 Å². The van der Waals surface area contributed by atoms with Gasteiger partial charge in [0.2, 0.25) is 0 Å². The van der Waals surface area contributed by atoms with E-state index in [1.165, 1.54) is 6.33 Å². The van der Waals surface area contributed by atoms with Crippen molar-refractivity contribution in [1.29, 1.82) is 0 Å². The van der Waals surface area contributed by atoms with Gasteiger partial charge in [0.25, 0.3) is 0 Å². The summed E-state index contributed by atoms with van der Waals surface area (Å²) in [7, 11) is 3.18. The van der Waals surface area contributed by atoms with Crippen LogP contribution >= 0.6 is 0 Å². The molecule has 0 spiro atoms. The molecule has 0 saturated heterocycles. The minimum Gasteiger partial charge on any atom is -0.606 e. The molecule has 1 N–H and O–H groups in total. The van der Waals surface area contributed by atoms with Crippen LogP contribution in [0.15, 0.2) is 82.8 Å². The summed E-state index contributed by atoms with van der Waals surface area (Å²) in [4.78, 5) is 10.2. The van der Waals surface area contributed by atoms with Crippen LogP contribution in [-0.4, -0.2) is 28.7 Å². The summed E-state index contributed by atoms with van der Waals surface area (Å²) >= 11 is -1.22. The molecule has 4 aromatic rings. The van der Waals surface area contributed by atoms with E-state index in [4.69, 9.17) is 9.47 Å². The summed E-state index contributed by atoms with van der Waals surface area (Å²) in [5.41, 5.74) is 1.57. The van der Waals surface area contributed by atoms with E-state index in [2.05, 4.69) is 15.3 Å². The number of methoxy groups -OCH3 is 2. The Balaban J connectivity index is 1.62. The highest BCUT2D eigenvalue weighted by molar-refractivity contribution is 7.91. The van der Waals surface area contributed by atoms with Crippen molar-refractivity contribution in [2.24, 2.45) is 0 Å². The number of benzene rings is 3. The van der Waals surface area contributed by atoms with Crippen molar-refractivity contribution >= 4 is 33.6 Å². The van der Waals surface area contributed by atoms with Crippen LogP contribution in [0.5, 0.6) is 11.5 Å². The molecule has 0 fully saturated rings. The lowest BCUT2D eigenvalue weighted by molar-refractivity contribution is 0.356. The predicted octanol–water partition coefficient (Wildman–Crippen LogP) is 4.56. The maximum Gasteiger partial charge on any atom is 0.162 e. The van der Waals surface area contributed by atoms with Crippen LogP contribution in [0.2, 0.25) is 0 Å². The molecule has 1 heterocycles. The molecule has 6 nitrogen and oxygen atoms in total. The fraction of sp³-hybridized carbons (Fsp3) is 0.0909. The second kappa shape index (κ2) is 8.38. The third kappa shape index (κ3) is 3.96. The first-order valence-electron chi connectivity index (χ1n) is 8.90. The van der Waals surface area contributed by atoms with Gasteiger partial charge in [-0.1, -0.05) is 18.2 Å². The van der Waals surface area contributed by atoms with Crippen molar-refractivity contribution in [3.8, 4) is 11.5 Å². The summed E-state index contributed by atoms with van der Waals surface area (Å²) < 4.78 is 23.4. The molecular formula is C22H19N3O3S. The monoisotopic (exact) mass is 405 g/mol. The van der Waals surface area contributed by atoms with Crippen LogP contribution in [-0.2, 0) is 11.2 Å². The molecule has 7 heteroatoms. The lowest BCUT2D eigenvalue weighted by Crippen LogP contribution is -2.02. The van der Waals surface area contributed by atoms with Crippen molar-refractivity contribution in [3.05, 3.63) is 73.1 Å². The smallest absolute Gasteiger partial charge is 0.162 e. The SMILES string of the molecule is COc1cc2ncnc(Nc3ccc([S+]([O-])c4ccccc4)cc3)c2cc1OC. The van der Waals surface area contributed by atoms with Crippen LogP contribution < -0.4 is 14.8 Å². The Bertz CT molecular complexity index is 1120. The zero-order valence-corrected chi connectivity index (χ0v) is 16.8. The largest absolute Gasteiger partial charge is 0.606 e. The quantitative estimate of drug-likeness (QED) is 0.474. The highest BCUT2D eigenvalue weighted by Crippen LogP contribution is 2.34. The van der Waals surface area contributed by atoms with E-state index in [0.29, 0.717) is 17.3 Å². The summed E-state index contributed by atoms with van der Waals surface area (Å²) in [5.74, 6) is 1.86. The van der Waals surface area contributed by atoms with Crippen molar-refractivity contribution in [1.82, 2.24) is 9.97 Å². The van der Waals surface area contributed by atoms with Crippen LogP contribution in [0.4, 0.5) is 11.5 Å². The van der Waals surface area contributed by atoms with Crippen molar-refractivity contribution in [2.75, 3.05) is 19.5 Å². The first kappa shape index (κ1) is 19.0. The average Bonchev–Trinajstić information content (AvgIpc) is 2.79. The van der Waals surface area contributed by atoms with Gasteiger partial charge in [-0.25, -0.2) is 9.97 Å². The molecule has 1 unspecified atom stereocenters. The van der Waals surface area contributed by atoms with Crippen LogP contribution in [0, 0.1) is 0 Å². The molecule has 4 rings (SSSR count). The van der Waals surface area contributed by atoms with Crippen LogP contribution in [0.25, 0.3) is 10.9 Å².